The number of pyridine rings is 1. The van der Waals surface area contributed by atoms with Gasteiger partial charge in [-0.05, 0) is 24.0 Å². The Labute approximate surface area is 121 Å². The number of hydrazine groups is 1. The second-order valence-electron chi connectivity index (χ2n) is 6.07. The molecule has 0 aliphatic rings. The summed E-state index contributed by atoms with van der Waals surface area (Å²) >= 11 is 0. The molecule has 0 aliphatic heterocycles. The van der Waals surface area contributed by atoms with Gasteiger partial charge in [-0.1, -0.05) is 20.8 Å². The lowest BCUT2D eigenvalue weighted by molar-refractivity contribution is -0.137. The number of hydrogen-bond acceptors (Lipinski definition) is 5. The van der Waals surface area contributed by atoms with Gasteiger partial charge in [0.15, 0.2) is 0 Å². The molecule has 21 heavy (non-hydrogen) atoms. The Hall–Kier alpha value is -1.54. The van der Waals surface area contributed by atoms with Crippen LogP contribution in [0.3, 0.4) is 0 Å². The highest BCUT2D eigenvalue weighted by molar-refractivity contribution is 5.49. The Morgan fingerprint density at radius 3 is 2.29 bits per heavy atom. The van der Waals surface area contributed by atoms with Gasteiger partial charge in [-0.3, -0.25) is 0 Å². The van der Waals surface area contributed by atoms with Crippen molar-refractivity contribution in [2.24, 2.45) is 11.3 Å². The molecule has 5 N–H and O–H groups in total. The van der Waals surface area contributed by atoms with Crippen LogP contribution in [0.1, 0.15) is 32.8 Å². The highest BCUT2D eigenvalue weighted by Gasteiger charge is 2.31. The van der Waals surface area contributed by atoms with Crippen LogP contribution in [0.25, 0.3) is 0 Å². The number of aromatic nitrogens is 1. The minimum absolute atomic E-state index is 0.00531. The molecule has 0 bridgehead atoms. The van der Waals surface area contributed by atoms with Crippen molar-refractivity contribution in [1.29, 1.82) is 0 Å². The van der Waals surface area contributed by atoms with Crippen LogP contribution in [0.2, 0.25) is 0 Å². The third kappa shape index (κ3) is 6.17. The van der Waals surface area contributed by atoms with Gasteiger partial charge < -0.3 is 15.8 Å². The van der Waals surface area contributed by atoms with Crippen LogP contribution in [-0.2, 0) is 6.18 Å². The predicted molar refractivity (Wildman–Crippen MR) is 75.6 cm³/mol. The molecule has 8 heteroatoms. The van der Waals surface area contributed by atoms with Crippen LogP contribution in [-0.4, -0.2) is 22.7 Å². The standard InChI is InChI=1S/C13H21F3N4O/c1-12(2,3)6-9(21)7-18-10-4-8(13(14,15)16)5-11(19-10)20-17/h4-5,9,21H,6-7,17H2,1-3H3,(H2,18,19,20). The zero-order valence-electron chi connectivity index (χ0n) is 12.3. The van der Waals surface area contributed by atoms with E-state index in [2.05, 4.69) is 15.7 Å². The van der Waals surface area contributed by atoms with E-state index in [1.54, 1.807) is 0 Å². The van der Waals surface area contributed by atoms with Gasteiger partial charge >= 0.3 is 6.18 Å². The first-order chi connectivity index (χ1) is 9.51. The second-order valence-corrected chi connectivity index (χ2v) is 6.07. The number of aliphatic hydroxyl groups excluding tert-OH is 1. The van der Waals surface area contributed by atoms with Crippen LogP contribution in [0.4, 0.5) is 24.8 Å². The minimum Gasteiger partial charge on any atom is -0.391 e. The molecular formula is C13H21F3N4O. The summed E-state index contributed by atoms with van der Waals surface area (Å²) in [4.78, 5) is 3.88. The smallest absolute Gasteiger partial charge is 0.391 e. The molecule has 1 aromatic rings. The molecule has 1 aromatic heterocycles. The first-order valence-electron chi connectivity index (χ1n) is 6.49. The van der Waals surface area contributed by atoms with Gasteiger partial charge in [0, 0.05) is 6.54 Å². The highest BCUT2D eigenvalue weighted by atomic mass is 19.4. The number of nitrogen functional groups attached to an aromatic ring is 1. The van der Waals surface area contributed by atoms with Crippen LogP contribution in [0.5, 0.6) is 0 Å². The van der Waals surface area contributed by atoms with Crippen molar-refractivity contribution >= 4 is 11.6 Å². The van der Waals surface area contributed by atoms with Crippen LogP contribution in [0.15, 0.2) is 12.1 Å². The fraction of sp³-hybridized carbons (Fsp3) is 0.615. The van der Waals surface area contributed by atoms with Gasteiger partial charge in [-0.25, -0.2) is 10.8 Å². The molecule has 1 heterocycles. The number of rotatable bonds is 5. The number of aliphatic hydroxyl groups is 1. The lowest BCUT2D eigenvalue weighted by Crippen LogP contribution is -2.25. The fourth-order valence-electron chi connectivity index (χ4n) is 1.86. The zero-order chi connectivity index (χ0) is 16.3. The Bertz CT molecular complexity index is 471. The van der Waals surface area contributed by atoms with Crippen molar-refractivity contribution in [2.75, 3.05) is 17.3 Å². The topological polar surface area (TPSA) is 83.2 Å². The van der Waals surface area contributed by atoms with E-state index in [0.29, 0.717) is 6.42 Å². The second kappa shape index (κ2) is 6.48. The summed E-state index contributed by atoms with van der Waals surface area (Å²) in [6, 6.07) is 1.70. The van der Waals surface area contributed by atoms with Gasteiger partial charge in [0.25, 0.3) is 0 Å². The summed E-state index contributed by atoms with van der Waals surface area (Å²) in [6.45, 7) is 6.01. The molecule has 0 fully saturated rings. The number of nitrogens with two attached hydrogens (primary N) is 1. The average molecular weight is 306 g/mol. The molecule has 0 amide bonds. The SMILES string of the molecule is CC(C)(C)CC(O)CNc1cc(C(F)(F)F)cc(NN)n1. The Morgan fingerprint density at radius 1 is 1.24 bits per heavy atom. The van der Waals surface area contributed by atoms with Crippen molar-refractivity contribution in [3.63, 3.8) is 0 Å². The summed E-state index contributed by atoms with van der Waals surface area (Å²) < 4.78 is 38.2. The summed E-state index contributed by atoms with van der Waals surface area (Å²) in [5.41, 5.74) is 1.15. The lowest BCUT2D eigenvalue weighted by Gasteiger charge is -2.22. The number of hydrogen-bond donors (Lipinski definition) is 4. The minimum atomic E-state index is -4.49. The summed E-state index contributed by atoms with van der Waals surface area (Å²) in [7, 11) is 0. The Morgan fingerprint density at radius 2 is 1.81 bits per heavy atom. The molecule has 120 valence electrons. The van der Waals surface area contributed by atoms with Crippen molar-refractivity contribution in [3.05, 3.63) is 17.7 Å². The lowest BCUT2D eigenvalue weighted by atomic mass is 9.89. The van der Waals surface area contributed by atoms with Crippen LogP contribution in [0, 0.1) is 5.41 Å². The van der Waals surface area contributed by atoms with Crippen molar-refractivity contribution in [1.82, 2.24) is 4.98 Å². The maximum atomic E-state index is 12.7. The zero-order valence-corrected chi connectivity index (χ0v) is 12.3. The quantitative estimate of drug-likeness (QED) is 0.496. The van der Waals surface area contributed by atoms with E-state index in [-0.39, 0.29) is 23.6 Å². The van der Waals surface area contributed by atoms with Crippen molar-refractivity contribution in [2.45, 2.75) is 39.5 Å². The maximum absolute atomic E-state index is 12.7. The molecule has 0 saturated carbocycles. The van der Waals surface area contributed by atoms with Crippen LogP contribution >= 0.6 is 0 Å². The molecule has 0 spiro atoms. The largest absolute Gasteiger partial charge is 0.416 e. The van der Waals surface area contributed by atoms with E-state index in [4.69, 9.17) is 5.84 Å². The number of halogens is 3. The molecule has 1 atom stereocenters. The van der Waals surface area contributed by atoms with E-state index in [9.17, 15) is 18.3 Å². The summed E-state index contributed by atoms with van der Waals surface area (Å²) in [5.74, 6) is 5.02. The normalized spacial score (nSPS) is 13.9. The molecule has 0 aromatic carbocycles. The fourth-order valence-corrected chi connectivity index (χ4v) is 1.86. The van der Waals surface area contributed by atoms with Gasteiger partial charge in [0.05, 0.1) is 11.7 Å². The monoisotopic (exact) mass is 306 g/mol. The van der Waals surface area contributed by atoms with E-state index in [1.165, 1.54) is 0 Å². The maximum Gasteiger partial charge on any atom is 0.416 e. The highest BCUT2D eigenvalue weighted by Crippen LogP contribution is 2.32. The van der Waals surface area contributed by atoms with E-state index in [0.717, 1.165) is 12.1 Å². The molecule has 5 nitrogen and oxygen atoms in total. The Balaban J connectivity index is 2.79. The molecule has 1 unspecified atom stereocenters. The summed E-state index contributed by atoms with van der Waals surface area (Å²) in [6.07, 6.45) is -4.66. The third-order valence-electron chi connectivity index (χ3n) is 2.67. The van der Waals surface area contributed by atoms with Gasteiger partial charge in [-0.15, -0.1) is 0 Å². The molecular weight excluding hydrogens is 285 g/mol. The van der Waals surface area contributed by atoms with E-state index in [1.807, 2.05) is 20.8 Å². The molecule has 1 rings (SSSR count). The first kappa shape index (κ1) is 17.5. The van der Waals surface area contributed by atoms with Gasteiger partial charge in [0.1, 0.15) is 11.6 Å². The first-order valence-corrected chi connectivity index (χ1v) is 6.49. The number of nitrogens with one attached hydrogen (secondary N) is 2. The van der Waals surface area contributed by atoms with Gasteiger partial charge in [0.2, 0.25) is 0 Å². The molecule has 0 saturated heterocycles. The molecule has 0 radical (unpaired) electrons. The Kier molecular flexibility index (Phi) is 5.41. The summed E-state index contributed by atoms with van der Waals surface area (Å²) in [5, 5.41) is 12.5. The predicted octanol–water partition coefficient (Wildman–Crippen LogP) is 2.59. The number of alkyl halides is 3. The number of anilines is 2. The van der Waals surface area contributed by atoms with Crippen molar-refractivity contribution < 1.29 is 18.3 Å². The molecule has 0 aliphatic carbocycles. The van der Waals surface area contributed by atoms with Crippen molar-refractivity contribution in [3.8, 4) is 0 Å². The van der Waals surface area contributed by atoms with E-state index >= 15 is 0 Å². The van der Waals surface area contributed by atoms with E-state index < -0.39 is 17.8 Å². The van der Waals surface area contributed by atoms with Gasteiger partial charge in [-0.2, -0.15) is 13.2 Å². The average Bonchev–Trinajstić information content (AvgIpc) is 2.33. The number of nitrogens with zero attached hydrogens (tertiary/aromatic N) is 1. The third-order valence-corrected chi connectivity index (χ3v) is 2.67. The van der Waals surface area contributed by atoms with Crippen LogP contribution < -0.4 is 16.6 Å².